The maximum Gasteiger partial charge on any atom is 0.332 e. The monoisotopic (exact) mass is 389 g/mol. The SMILES string of the molecule is C#CCOc1ccc(/C=c2\sc(=S)[nH]\c2=C/C(=O)OCC)cc1OCC. The first-order valence-corrected chi connectivity index (χ1v) is 9.22. The van der Waals surface area contributed by atoms with E-state index in [0.29, 0.717) is 34.0 Å². The van der Waals surface area contributed by atoms with Crippen molar-refractivity contribution >= 4 is 41.7 Å². The molecule has 0 radical (unpaired) electrons. The van der Waals surface area contributed by atoms with Crippen LogP contribution >= 0.6 is 23.6 Å². The van der Waals surface area contributed by atoms with E-state index in [1.165, 1.54) is 17.4 Å². The van der Waals surface area contributed by atoms with Crippen molar-refractivity contribution in [3.05, 3.63) is 37.6 Å². The van der Waals surface area contributed by atoms with Gasteiger partial charge in [-0.25, -0.2) is 4.79 Å². The van der Waals surface area contributed by atoms with Gasteiger partial charge in [0.1, 0.15) is 6.61 Å². The Hall–Kier alpha value is -2.56. The Morgan fingerprint density at radius 3 is 2.81 bits per heavy atom. The lowest BCUT2D eigenvalue weighted by Crippen LogP contribution is -2.23. The van der Waals surface area contributed by atoms with Gasteiger partial charge in [0.25, 0.3) is 0 Å². The highest BCUT2D eigenvalue weighted by molar-refractivity contribution is 7.73. The van der Waals surface area contributed by atoms with Crippen LogP contribution in [-0.4, -0.2) is 30.8 Å². The van der Waals surface area contributed by atoms with Gasteiger partial charge in [-0.3, -0.25) is 0 Å². The Morgan fingerprint density at radius 2 is 2.12 bits per heavy atom. The quantitative estimate of drug-likeness (QED) is 0.448. The van der Waals surface area contributed by atoms with Crippen molar-refractivity contribution in [2.24, 2.45) is 0 Å². The Balaban J connectivity index is 2.47. The number of terminal acetylenes is 1. The van der Waals surface area contributed by atoms with E-state index < -0.39 is 5.97 Å². The molecule has 0 saturated carbocycles. The fourth-order valence-electron chi connectivity index (χ4n) is 2.14. The third-order valence-corrected chi connectivity index (χ3v) is 4.33. The predicted molar refractivity (Wildman–Crippen MR) is 105 cm³/mol. The molecule has 0 unspecified atom stereocenters. The van der Waals surface area contributed by atoms with Gasteiger partial charge < -0.3 is 19.2 Å². The molecule has 0 spiro atoms. The smallest absolute Gasteiger partial charge is 0.332 e. The number of hydrogen-bond acceptors (Lipinski definition) is 6. The number of thiazole rings is 1. The van der Waals surface area contributed by atoms with E-state index in [1.54, 1.807) is 13.0 Å². The normalized spacial score (nSPS) is 11.9. The van der Waals surface area contributed by atoms with E-state index >= 15 is 0 Å². The van der Waals surface area contributed by atoms with Crippen molar-refractivity contribution in [1.82, 2.24) is 4.98 Å². The molecule has 0 aliphatic heterocycles. The largest absolute Gasteiger partial charge is 0.490 e. The number of ether oxygens (including phenoxy) is 3. The maximum atomic E-state index is 11.7. The molecule has 1 heterocycles. The van der Waals surface area contributed by atoms with Crippen LogP contribution in [0.2, 0.25) is 0 Å². The molecule has 0 saturated heterocycles. The number of aromatic amines is 1. The van der Waals surface area contributed by atoms with Crippen molar-refractivity contribution in [3.8, 4) is 23.8 Å². The molecule has 2 aromatic rings. The summed E-state index contributed by atoms with van der Waals surface area (Å²) in [5, 5.41) is 0.615. The third kappa shape index (κ3) is 5.48. The molecule has 7 heteroatoms. The molecule has 1 aromatic heterocycles. The molecular formula is C19H19NO4S2. The van der Waals surface area contributed by atoms with Crippen LogP contribution in [-0.2, 0) is 9.53 Å². The van der Waals surface area contributed by atoms with Crippen molar-refractivity contribution in [2.75, 3.05) is 19.8 Å². The van der Waals surface area contributed by atoms with Gasteiger partial charge in [0.05, 0.1) is 23.1 Å². The van der Waals surface area contributed by atoms with E-state index in [9.17, 15) is 4.79 Å². The van der Waals surface area contributed by atoms with Gasteiger partial charge in [-0.05, 0) is 49.8 Å². The number of rotatable bonds is 7. The number of nitrogens with one attached hydrogen (secondary N) is 1. The van der Waals surface area contributed by atoms with Gasteiger partial charge in [0.2, 0.25) is 0 Å². The fraction of sp³-hybridized carbons (Fsp3) is 0.263. The Labute approximate surface area is 160 Å². The summed E-state index contributed by atoms with van der Waals surface area (Å²) in [7, 11) is 0. The van der Waals surface area contributed by atoms with Gasteiger partial charge in [-0.2, -0.15) is 0 Å². The molecule has 136 valence electrons. The van der Waals surface area contributed by atoms with Gasteiger partial charge in [-0.1, -0.05) is 12.0 Å². The number of carbonyl (C=O) groups excluding carboxylic acids is 1. The minimum atomic E-state index is -0.417. The van der Waals surface area contributed by atoms with Crippen molar-refractivity contribution in [2.45, 2.75) is 13.8 Å². The van der Waals surface area contributed by atoms with Crippen LogP contribution in [0.5, 0.6) is 11.5 Å². The Bertz CT molecular complexity index is 982. The van der Waals surface area contributed by atoms with E-state index in [4.69, 9.17) is 32.9 Å². The highest BCUT2D eigenvalue weighted by atomic mass is 32.1. The van der Waals surface area contributed by atoms with Crippen LogP contribution in [0.25, 0.3) is 12.2 Å². The highest BCUT2D eigenvalue weighted by Crippen LogP contribution is 2.28. The molecule has 0 atom stereocenters. The first-order chi connectivity index (χ1) is 12.6. The van der Waals surface area contributed by atoms with Crippen LogP contribution in [0.15, 0.2) is 18.2 Å². The number of H-pyrrole nitrogens is 1. The molecule has 0 fully saturated rings. The zero-order valence-corrected chi connectivity index (χ0v) is 16.2. The van der Waals surface area contributed by atoms with E-state index in [2.05, 4.69) is 10.9 Å². The van der Waals surface area contributed by atoms with Crippen LogP contribution in [0.4, 0.5) is 0 Å². The van der Waals surface area contributed by atoms with Crippen LogP contribution < -0.4 is 19.4 Å². The molecule has 0 amide bonds. The second-order valence-corrected chi connectivity index (χ2v) is 6.68. The Kier molecular flexibility index (Phi) is 7.45. The van der Waals surface area contributed by atoms with E-state index in [1.807, 2.05) is 25.1 Å². The molecule has 0 bridgehead atoms. The topological polar surface area (TPSA) is 60.6 Å². The van der Waals surface area contributed by atoms with Crippen molar-refractivity contribution in [3.63, 3.8) is 0 Å². The second-order valence-electron chi connectivity index (χ2n) is 4.97. The number of carbonyl (C=O) groups is 1. The molecule has 1 N–H and O–H groups in total. The van der Waals surface area contributed by atoms with E-state index in [-0.39, 0.29) is 6.61 Å². The zero-order valence-electron chi connectivity index (χ0n) is 14.5. The lowest BCUT2D eigenvalue weighted by Gasteiger charge is -2.10. The summed E-state index contributed by atoms with van der Waals surface area (Å²) in [5.41, 5.74) is 0.880. The maximum absolute atomic E-state index is 11.7. The Morgan fingerprint density at radius 1 is 1.31 bits per heavy atom. The second kappa shape index (κ2) is 9.80. The summed E-state index contributed by atoms with van der Waals surface area (Å²) >= 11 is 6.57. The number of benzene rings is 1. The summed E-state index contributed by atoms with van der Waals surface area (Å²) in [5.74, 6) is 3.20. The summed E-state index contributed by atoms with van der Waals surface area (Å²) < 4.78 is 17.5. The third-order valence-electron chi connectivity index (χ3n) is 3.13. The average molecular weight is 389 g/mol. The van der Waals surface area contributed by atoms with Gasteiger partial charge in [0, 0.05) is 6.08 Å². The van der Waals surface area contributed by atoms with Crippen molar-refractivity contribution < 1.29 is 19.0 Å². The fourth-order valence-corrected chi connectivity index (χ4v) is 3.30. The minimum absolute atomic E-state index is 0.168. The molecule has 1 aromatic carbocycles. The van der Waals surface area contributed by atoms with Gasteiger partial charge >= 0.3 is 5.97 Å². The first kappa shape index (κ1) is 19.8. The average Bonchev–Trinajstić information content (AvgIpc) is 2.93. The summed E-state index contributed by atoms with van der Waals surface area (Å²) in [6.07, 6.45) is 8.55. The molecule has 26 heavy (non-hydrogen) atoms. The summed E-state index contributed by atoms with van der Waals surface area (Å²) in [4.78, 5) is 14.7. The highest BCUT2D eigenvalue weighted by Gasteiger charge is 2.06. The summed E-state index contributed by atoms with van der Waals surface area (Å²) in [6.45, 7) is 4.64. The number of aromatic nitrogens is 1. The zero-order chi connectivity index (χ0) is 18.9. The summed E-state index contributed by atoms with van der Waals surface area (Å²) in [6, 6.07) is 5.53. The minimum Gasteiger partial charge on any atom is -0.490 e. The lowest BCUT2D eigenvalue weighted by atomic mass is 10.2. The van der Waals surface area contributed by atoms with Gasteiger partial charge in [0.15, 0.2) is 15.5 Å². The van der Waals surface area contributed by atoms with Crippen LogP contribution in [0, 0.1) is 16.3 Å². The van der Waals surface area contributed by atoms with Crippen LogP contribution in [0.3, 0.4) is 0 Å². The number of esters is 1. The van der Waals surface area contributed by atoms with Crippen molar-refractivity contribution in [1.29, 1.82) is 0 Å². The molecule has 2 rings (SSSR count). The first-order valence-electron chi connectivity index (χ1n) is 7.99. The number of hydrogen-bond donors (Lipinski definition) is 1. The van der Waals surface area contributed by atoms with Crippen LogP contribution in [0.1, 0.15) is 19.4 Å². The van der Waals surface area contributed by atoms with Gasteiger partial charge in [-0.15, -0.1) is 17.8 Å². The molecule has 5 nitrogen and oxygen atoms in total. The predicted octanol–water partition coefficient (Wildman–Crippen LogP) is 2.39. The molecule has 0 aliphatic rings. The standard InChI is InChI=1S/C19H19NO4S2/c1-4-9-24-15-8-7-13(10-16(15)22-5-2)11-17-14(20-19(25)26-17)12-18(21)23-6-3/h1,7-8,10-12H,5-6,9H2,2-3H3,(H,20,25)/b14-12-,17-11-. The molecule has 0 aliphatic carbocycles. The van der Waals surface area contributed by atoms with E-state index in [0.717, 1.165) is 10.1 Å². The molecular weight excluding hydrogens is 370 g/mol. The lowest BCUT2D eigenvalue weighted by molar-refractivity contribution is -0.135.